The highest BCUT2D eigenvalue weighted by Crippen LogP contribution is 2.30. The van der Waals surface area contributed by atoms with Gasteiger partial charge in [-0.2, -0.15) is 0 Å². The van der Waals surface area contributed by atoms with Gasteiger partial charge in [-0.3, -0.25) is 19.9 Å². The van der Waals surface area contributed by atoms with Gasteiger partial charge in [-0.05, 0) is 101 Å². The average Bonchev–Trinajstić information content (AvgIpc) is 3.16. The van der Waals surface area contributed by atoms with Crippen LogP contribution < -0.4 is 0 Å². The molecule has 1 aliphatic heterocycles. The van der Waals surface area contributed by atoms with Crippen molar-refractivity contribution in [2.45, 2.75) is 20.0 Å². The van der Waals surface area contributed by atoms with E-state index in [-0.39, 0.29) is 6.17 Å². The van der Waals surface area contributed by atoms with E-state index in [1.807, 2.05) is 106 Å². The number of rotatable bonds is 6. The Bertz CT molecular complexity index is 1970. The van der Waals surface area contributed by atoms with Crippen LogP contribution in [0.5, 0.6) is 0 Å². The quantitative estimate of drug-likeness (QED) is 0.188. The Hall–Kier alpha value is -6.08. The Morgan fingerprint density at radius 3 is 1.64 bits per heavy atom. The lowest BCUT2D eigenvalue weighted by atomic mass is 10.0. The molecule has 1 unspecified atom stereocenters. The smallest absolute Gasteiger partial charge is 0.178 e. The Morgan fingerprint density at radius 2 is 1.11 bits per heavy atom. The molecule has 5 heterocycles. The van der Waals surface area contributed by atoms with E-state index in [9.17, 15) is 0 Å². The maximum absolute atomic E-state index is 5.02. The highest BCUT2D eigenvalue weighted by molar-refractivity contribution is 6.12. The van der Waals surface area contributed by atoms with Crippen LogP contribution in [0, 0.1) is 0 Å². The van der Waals surface area contributed by atoms with Gasteiger partial charge in [-0.1, -0.05) is 60.7 Å². The van der Waals surface area contributed by atoms with Crippen molar-refractivity contribution in [3.05, 3.63) is 175 Å². The third kappa shape index (κ3) is 7.43. The Morgan fingerprint density at radius 1 is 0.596 bits per heavy atom. The highest BCUT2D eigenvalue weighted by atomic mass is 15.3. The number of nitrogens with zero attached hydrogens (tertiary/aromatic N) is 7. The lowest BCUT2D eigenvalue weighted by Gasteiger charge is -2.32. The van der Waals surface area contributed by atoms with Crippen molar-refractivity contribution >= 4 is 17.2 Å². The normalized spacial score (nSPS) is 14.4. The summed E-state index contributed by atoms with van der Waals surface area (Å²) in [5.41, 5.74) is 9.92. The number of hydrogen-bond acceptors (Lipinski definition) is 7. The number of aromatic nitrogens is 4. The van der Waals surface area contributed by atoms with Crippen molar-refractivity contribution in [3.63, 3.8) is 0 Å². The van der Waals surface area contributed by atoms with Crippen molar-refractivity contribution in [1.82, 2.24) is 24.8 Å². The molecule has 7 rings (SSSR count). The van der Waals surface area contributed by atoms with E-state index in [1.165, 1.54) is 11.1 Å². The van der Waals surface area contributed by atoms with Crippen LogP contribution >= 0.6 is 0 Å². The van der Waals surface area contributed by atoms with Gasteiger partial charge in [0.25, 0.3) is 0 Å². The molecule has 0 saturated carbocycles. The molecule has 1 aliphatic rings. The van der Waals surface area contributed by atoms with Crippen molar-refractivity contribution < 1.29 is 0 Å². The third-order valence-electron chi connectivity index (χ3n) is 8.00. The van der Waals surface area contributed by atoms with Gasteiger partial charge in [-0.25, -0.2) is 9.98 Å². The molecule has 0 saturated heterocycles. The molecule has 0 spiro atoms. The summed E-state index contributed by atoms with van der Waals surface area (Å²) >= 11 is 0. The summed E-state index contributed by atoms with van der Waals surface area (Å²) in [6.07, 6.45) is 14.5. The van der Waals surface area contributed by atoms with Gasteiger partial charge in [0.05, 0.1) is 0 Å². The van der Waals surface area contributed by atoms with E-state index < -0.39 is 0 Å². The molecule has 1 atom stereocenters. The number of pyridine rings is 4. The van der Waals surface area contributed by atoms with Crippen molar-refractivity contribution in [1.29, 1.82) is 0 Å². The number of allylic oxidation sites excluding steroid dienone is 2. The first kappa shape index (κ1) is 30.9. The maximum atomic E-state index is 5.02. The van der Waals surface area contributed by atoms with Crippen molar-refractivity contribution in [3.8, 4) is 22.3 Å². The fraction of sp³-hybridized carbons (Fsp3) is 0.100. The second-order valence-electron chi connectivity index (χ2n) is 11.0. The molecule has 0 amide bonds. The zero-order valence-electron chi connectivity index (χ0n) is 26.6. The molecule has 0 radical (unpaired) electrons. The summed E-state index contributed by atoms with van der Waals surface area (Å²) in [7, 11) is 2.04. The standard InChI is InChI=1S/C31H24N6.C9H11N/c1-37-30(26-9-5-22(6-10-26)24-13-18-32-19-14-24)35-29(28-4-2-3-17-34-28)36-31(37)27-11-7-23(8-12-27)25-15-20-33-21-16-25;1-3-8(2)9-4-6-10-7-5-9/h2-21,30H,1H3;3-7H,1-2H3/b;8-3+. The summed E-state index contributed by atoms with van der Waals surface area (Å²) in [6.45, 7) is 4.13. The molecule has 0 fully saturated rings. The first-order chi connectivity index (χ1) is 23.1. The summed E-state index contributed by atoms with van der Waals surface area (Å²) in [5.74, 6) is 1.47. The SMILES string of the molecule is C/C=C(\C)c1ccncc1.CN1C(c2ccc(-c3ccncc3)cc2)=NC(c2ccccn2)=NC1c1ccc(-c2ccncc2)cc1. The molecule has 2 aromatic carbocycles. The fourth-order valence-corrected chi connectivity index (χ4v) is 5.24. The zero-order valence-corrected chi connectivity index (χ0v) is 26.6. The second kappa shape index (κ2) is 14.8. The van der Waals surface area contributed by atoms with Gasteiger partial charge < -0.3 is 4.90 Å². The number of amidine groups is 2. The van der Waals surface area contributed by atoms with Crippen LogP contribution in [0.1, 0.15) is 42.4 Å². The second-order valence-corrected chi connectivity index (χ2v) is 11.0. The van der Waals surface area contributed by atoms with Crippen LogP contribution in [0.3, 0.4) is 0 Å². The van der Waals surface area contributed by atoms with Crippen LogP contribution in [0.25, 0.3) is 27.8 Å². The molecule has 4 aromatic heterocycles. The Kier molecular flexibility index (Phi) is 9.74. The molecule has 0 N–H and O–H groups in total. The van der Waals surface area contributed by atoms with Gasteiger partial charge in [-0.15, -0.1) is 0 Å². The minimum Gasteiger partial charge on any atom is -0.333 e. The lowest BCUT2D eigenvalue weighted by molar-refractivity contribution is 0.382. The molecular weight excluding hydrogens is 578 g/mol. The van der Waals surface area contributed by atoms with Crippen molar-refractivity contribution in [2.75, 3.05) is 7.05 Å². The highest BCUT2D eigenvalue weighted by Gasteiger charge is 2.27. The molecule has 47 heavy (non-hydrogen) atoms. The van der Waals surface area contributed by atoms with Gasteiger partial charge in [0.2, 0.25) is 0 Å². The van der Waals surface area contributed by atoms with E-state index >= 15 is 0 Å². The summed E-state index contributed by atoms with van der Waals surface area (Å²) in [4.78, 5) is 28.8. The number of benzene rings is 2. The minimum atomic E-state index is -0.240. The van der Waals surface area contributed by atoms with Crippen LogP contribution in [0.2, 0.25) is 0 Å². The summed E-state index contributed by atoms with van der Waals surface area (Å²) in [6, 6.07) is 34.8. The lowest BCUT2D eigenvalue weighted by Crippen LogP contribution is -2.35. The molecule has 7 nitrogen and oxygen atoms in total. The van der Waals surface area contributed by atoms with E-state index in [1.54, 1.807) is 6.20 Å². The van der Waals surface area contributed by atoms with E-state index in [4.69, 9.17) is 9.98 Å². The van der Waals surface area contributed by atoms with Crippen LogP contribution in [0.4, 0.5) is 0 Å². The predicted octanol–water partition coefficient (Wildman–Crippen LogP) is 8.55. The minimum absolute atomic E-state index is 0.240. The Labute approximate surface area is 275 Å². The number of aliphatic imine (C=N–C) groups is 2. The van der Waals surface area contributed by atoms with Gasteiger partial charge >= 0.3 is 0 Å². The predicted molar refractivity (Wildman–Crippen MR) is 191 cm³/mol. The monoisotopic (exact) mass is 613 g/mol. The first-order valence-corrected chi connectivity index (χ1v) is 15.5. The Balaban J connectivity index is 0.000000332. The topological polar surface area (TPSA) is 79.5 Å². The third-order valence-corrected chi connectivity index (χ3v) is 8.00. The van der Waals surface area contributed by atoms with Crippen molar-refractivity contribution in [2.24, 2.45) is 9.98 Å². The fourth-order valence-electron chi connectivity index (χ4n) is 5.24. The van der Waals surface area contributed by atoms with Crippen LogP contribution in [-0.4, -0.2) is 43.6 Å². The largest absolute Gasteiger partial charge is 0.333 e. The average molecular weight is 614 g/mol. The molecule has 6 aromatic rings. The zero-order chi connectivity index (χ0) is 32.4. The van der Waals surface area contributed by atoms with E-state index in [0.29, 0.717) is 5.84 Å². The maximum Gasteiger partial charge on any atom is 0.178 e. The van der Waals surface area contributed by atoms with Crippen LogP contribution in [-0.2, 0) is 0 Å². The molecular formula is C40H35N7. The molecule has 0 bridgehead atoms. The van der Waals surface area contributed by atoms with Crippen LogP contribution in [0.15, 0.2) is 163 Å². The van der Waals surface area contributed by atoms with E-state index in [0.717, 1.165) is 44.9 Å². The van der Waals surface area contributed by atoms with Gasteiger partial charge in [0, 0.05) is 56.0 Å². The molecule has 7 heteroatoms. The molecule has 0 aliphatic carbocycles. The number of hydrogen-bond donors (Lipinski definition) is 0. The van der Waals surface area contributed by atoms with Gasteiger partial charge in [0.15, 0.2) is 12.0 Å². The summed E-state index contributed by atoms with van der Waals surface area (Å²) in [5, 5.41) is 0. The van der Waals surface area contributed by atoms with E-state index in [2.05, 4.69) is 86.4 Å². The summed E-state index contributed by atoms with van der Waals surface area (Å²) < 4.78 is 0. The van der Waals surface area contributed by atoms with Gasteiger partial charge in [0.1, 0.15) is 11.5 Å². The molecule has 230 valence electrons. The first-order valence-electron chi connectivity index (χ1n) is 15.5.